The average molecular weight is 304 g/mol. The summed E-state index contributed by atoms with van der Waals surface area (Å²) in [4.78, 5) is 1.50. The van der Waals surface area contributed by atoms with Crippen LogP contribution in [0, 0.1) is 5.92 Å². The molecule has 0 saturated heterocycles. The summed E-state index contributed by atoms with van der Waals surface area (Å²) >= 11 is 3.37. The van der Waals surface area contributed by atoms with Crippen LogP contribution in [0.25, 0.3) is 0 Å². The summed E-state index contributed by atoms with van der Waals surface area (Å²) in [5.41, 5.74) is 0. The number of halogens is 4. The molecule has 98 valence electrons. The van der Waals surface area contributed by atoms with Crippen molar-refractivity contribution in [1.29, 1.82) is 0 Å². The van der Waals surface area contributed by atoms with Crippen molar-refractivity contribution >= 4 is 15.9 Å². The average Bonchev–Trinajstić information content (AvgIpc) is 2.13. The highest BCUT2D eigenvalue weighted by molar-refractivity contribution is 9.09. The molecule has 1 nitrogen and oxygen atoms in total. The lowest BCUT2D eigenvalue weighted by molar-refractivity contribution is -0.150. The normalized spacial score (nSPS) is 14.8. The highest BCUT2D eigenvalue weighted by atomic mass is 79.9. The molecular weight excluding hydrogens is 283 g/mol. The van der Waals surface area contributed by atoms with Gasteiger partial charge in [0.2, 0.25) is 0 Å². The molecule has 0 saturated carbocycles. The number of alkyl halides is 4. The van der Waals surface area contributed by atoms with Crippen LogP contribution in [0.15, 0.2) is 0 Å². The molecule has 5 heteroatoms. The molecule has 0 bridgehead atoms. The lowest BCUT2D eigenvalue weighted by atomic mass is 10.0. The number of nitrogens with zero attached hydrogens (tertiary/aromatic N) is 1. The van der Waals surface area contributed by atoms with Crippen molar-refractivity contribution in [2.75, 3.05) is 18.4 Å². The highest BCUT2D eigenvalue weighted by Gasteiger charge is 2.32. The van der Waals surface area contributed by atoms with Crippen molar-refractivity contribution in [3.63, 3.8) is 0 Å². The fraction of sp³-hybridized carbons (Fsp3) is 1.00. The van der Waals surface area contributed by atoms with Gasteiger partial charge >= 0.3 is 6.18 Å². The smallest absolute Gasteiger partial charge is 0.292 e. The second-order valence-corrected chi connectivity index (χ2v) is 5.09. The summed E-state index contributed by atoms with van der Waals surface area (Å²) in [7, 11) is 0. The molecule has 0 aromatic carbocycles. The van der Waals surface area contributed by atoms with Crippen LogP contribution < -0.4 is 0 Å². The third-order valence-electron chi connectivity index (χ3n) is 2.52. The van der Waals surface area contributed by atoms with Gasteiger partial charge in [-0.1, -0.05) is 29.3 Å². The van der Waals surface area contributed by atoms with Crippen LogP contribution in [0.5, 0.6) is 0 Å². The van der Waals surface area contributed by atoms with E-state index in [0.29, 0.717) is 12.5 Å². The Hall–Kier alpha value is 0.230. The van der Waals surface area contributed by atoms with Gasteiger partial charge in [-0.05, 0) is 26.2 Å². The van der Waals surface area contributed by atoms with Crippen molar-refractivity contribution in [1.82, 2.24) is 4.90 Å². The predicted molar refractivity (Wildman–Crippen MR) is 65.0 cm³/mol. The van der Waals surface area contributed by atoms with Crippen molar-refractivity contribution in [3.8, 4) is 0 Å². The Morgan fingerprint density at radius 3 is 2.12 bits per heavy atom. The van der Waals surface area contributed by atoms with Crippen molar-refractivity contribution in [3.05, 3.63) is 0 Å². The molecule has 0 rings (SSSR count). The zero-order valence-corrected chi connectivity index (χ0v) is 11.7. The fourth-order valence-electron chi connectivity index (χ4n) is 1.65. The van der Waals surface area contributed by atoms with E-state index >= 15 is 0 Å². The fourth-order valence-corrected chi connectivity index (χ4v) is 2.17. The highest BCUT2D eigenvalue weighted by Crippen LogP contribution is 2.20. The number of hydrogen-bond acceptors (Lipinski definition) is 1. The van der Waals surface area contributed by atoms with Gasteiger partial charge < -0.3 is 0 Å². The van der Waals surface area contributed by atoms with Crippen LogP contribution in [-0.4, -0.2) is 35.5 Å². The molecule has 0 aromatic rings. The Morgan fingerprint density at radius 1 is 1.25 bits per heavy atom. The van der Waals surface area contributed by atoms with Gasteiger partial charge in [-0.15, -0.1) is 0 Å². The van der Waals surface area contributed by atoms with Crippen molar-refractivity contribution in [2.45, 2.75) is 45.8 Å². The molecule has 0 aliphatic rings. The number of rotatable bonds is 7. The zero-order chi connectivity index (χ0) is 12.8. The molecule has 1 unspecified atom stereocenters. The van der Waals surface area contributed by atoms with Gasteiger partial charge in [-0.25, -0.2) is 0 Å². The van der Waals surface area contributed by atoms with Gasteiger partial charge in [0.15, 0.2) is 0 Å². The van der Waals surface area contributed by atoms with E-state index in [1.54, 1.807) is 0 Å². The predicted octanol–water partition coefficient (Wildman–Crippen LogP) is 4.07. The van der Waals surface area contributed by atoms with Crippen LogP contribution in [0.1, 0.15) is 33.6 Å². The van der Waals surface area contributed by atoms with Gasteiger partial charge in [-0.2, -0.15) is 13.2 Å². The van der Waals surface area contributed by atoms with E-state index in [-0.39, 0.29) is 6.04 Å². The monoisotopic (exact) mass is 303 g/mol. The van der Waals surface area contributed by atoms with Crippen molar-refractivity contribution < 1.29 is 13.2 Å². The van der Waals surface area contributed by atoms with Crippen molar-refractivity contribution in [2.24, 2.45) is 5.92 Å². The standard InChI is InChI=1S/C11H21BrF3N/c1-4-5-10(6-12)7-16(9(2)3)8-11(13,14)15/h9-10H,4-8H2,1-3H3. The van der Waals surface area contributed by atoms with E-state index in [1.165, 1.54) is 4.90 Å². The second kappa shape index (κ2) is 7.54. The molecular formula is C11H21BrF3N. The molecule has 0 aromatic heterocycles. The third kappa shape index (κ3) is 7.49. The summed E-state index contributed by atoms with van der Waals surface area (Å²) in [5.74, 6) is 0.301. The Kier molecular flexibility index (Phi) is 7.64. The van der Waals surface area contributed by atoms with Crippen LogP contribution in [0.2, 0.25) is 0 Å². The largest absolute Gasteiger partial charge is 0.401 e. The molecule has 0 fully saturated rings. The van der Waals surface area contributed by atoms with Gasteiger partial charge in [0.05, 0.1) is 6.54 Å². The SMILES string of the molecule is CCCC(CBr)CN(CC(F)(F)F)C(C)C. The van der Waals surface area contributed by atoms with E-state index in [9.17, 15) is 13.2 Å². The maximum absolute atomic E-state index is 12.4. The van der Waals surface area contributed by atoms with E-state index in [4.69, 9.17) is 0 Å². The Morgan fingerprint density at radius 2 is 1.81 bits per heavy atom. The first kappa shape index (κ1) is 16.2. The van der Waals surface area contributed by atoms with Gasteiger partial charge in [0.1, 0.15) is 0 Å². The maximum Gasteiger partial charge on any atom is 0.401 e. The van der Waals surface area contributed by atoms with Crippen LogP contribution in [0.4, 0.5) is 13.2 Å². The summed E-state index contributed by atoms with van der Waals surface area (Å²) in [6.45, 7) is 5.37. The summed E-state index contributed by atoms with van der Waals surface area (Å²) in [5, 5.41) is 0.766. The van der Waals surface area contributed by atoms with E-state index in [2.05, 4.69) is 22.9 Å². The lowest BCUT2D eigenvalue weighted by Crippen LogP contribution is -2.42. The minimum atomic E-state index is -4.10. The van der Waals surface area contributed by atoms with E-state index in [1.807, 2.05) is 13.8 Å². The summed E-state index contributed by atoms with van der Waals surface area (Å²) in [6.07, 6.45) is -2.13. The molecule has 0 aliphatic heterocycles. The molecule has 0 heterocycles. The molecule has 16 heavy (non-hydrogen) atoms. The quantitative estimate of drug-likeness (QED) is 0.641. The Labute approximate surface area is 105 Å². The first-order valence-electron chi connectivity index (χ1n) is 5.66. The molecule has 1 atom stereocenters. The third-order valence-corrected chi connectivity index (χ3v) is 3.44. The first-order valence-corrected chi connectivity index (χ1v) is 6.79. The zero-order valence-electron chi connectivity index (χ0n) is 10.1. The molecule has 0 aliphatic carbocycles. The first-order chi connectivity index (χ1) is 7.30. The van der Waals surface area contributed by atoms with Crippen LogP contribution in [0.3, 0.4) is 0 Å². The van der Waals surface area contributed by atoms with Gasteiger partial charge in [0, 0.05) is 17.9 Å². The topological polar surface area (TPSA) is 3.24 Å². The maximum atomic E-state index is 12.4. The van der Waals surface area contributed by atoms with E-state index < -0.39 is 12.7 Å². The summed E-state index contributed by atoms with van der Waals surface area (Å²) in [6, 6.07) is -0.0694. The molecule has 0 amide bonds. The van der Waals surface area contributed by atoms with Gasteiger partial charge in [-0.3, -0.25) is 4.90 Å². The molecule has 0 N–H and O–H groups in total. The number of hydrogen-bond donors (Lipinski definition) is 0. The molecule has 0 spiro atoms. The van der Waals surface area contributed by atoms with Gasteiger partial charge in [0.25, 0.3) is 0 Å². The van der Waals surface area contributed by atoms with Crippen LogP contribution in [-0.2, 0) is 0 Å². The minimum Gasteiger partial charge on any atom is -0.292 e. The van der Waals surface area contributed by atoms with E-state index in [0.717, 1.165) is 18.2 Å². The molecule has 0 radical (unpaired) electrons. The Balaban J connectivity index is 4.31. The Bertz CT molecular complexity index is 183. The van der Waals surface area contributed by atoms with Crippen LogP contribution >= 0.6 is 15.9 Å². The minimum absolute atomic E-state index is 0.0694. The second-order valence-electron chi connectivity index (χ2n) is 4.45. The lowest BCUT2D eigenvalue weighted by Gasteiger charge is -2.30. The summed E-state index contributed by atoms with van der Waals surface area (Å²) < 4.78 is 37.1.